The molecule has 0 aromatic heterocycles. The van der Waals surface area contributed by atoms with Gasteiger partial charge in [-0.2, -0.15) is 0 Å². The minimum atomic E-state index is -0.614. The SMILES string of the molecule is CCCCCCCOc1ccc(NC(=O)[C@@H](C)Oc2ccc(-c3ccccc3)cc2)cc1. The van der Waals surface area contributed by atoms with E-state index in [1.54, 1.807) is 6.92 Å². The smallest absolute Gasteiger partial charge is 0.265 e. The third-order valence-corrected chi connectivity index (χ3v) is 5.28. The van der Waals surface area contributed by atoms with E-state index in [1.807, 2.05) is 66.7 Å². The highest BCUT2D eigenvalue weighted by atomic mass is 16.5. The third kappa shape index (κ3) is 7.45. The maximum absolute atomic E-state index is 12.5. The average molecular weight is 432 g/mol. The Balaban J connectivity index is 1.44. The predicted molar refractivity (Wildman–Crippen MR) is 131 cm³/mol. The molecule has 0 aliphatic carbocycles. The first kappa shape index (κ1) is 23.4. The summed E-state index contributed by atoms with van der Waals surface area (Å²) >= 11 is 0. The van der Waals surface area contributed by atoms with Crippen LogP contribution in [-0.2, 0) is 4.79 Å². The van der Waals surface area contributed by atoms with E-state index in [0.717, 1.165) is 35.6 Å². The Hall–Kier alpha value is -3.27. The molecule has 0 spiro atoms. The number of ether oxygens (including phenoxy) is 2. The molecular weight excluding hydrogens is 398 g/mol. The molecule has 0 radical (unpaired) electrons. The molecule has 168 valence electrons. The zero-order chi connectivity index (χ0) is 22.6. The van der Waals surface area contributed by atoms with E-state index in [1.165, 1.54) is 25.7 Å². The molecule has 0 heterocycles. The fraction of sp³-hybridized carbons (Fsp3) is 0.321. The lowest BCUT2D eigenvalue weighted by Gasteiger charge is -2.15. The largest absolute Gasteiger partial charge is 0.494 e. The first-order valence-corrected chi connectivity index (χ1v) is 11.5. The number of amides is 1. The van der Waals surface area contributed by atoms with Crippen LogP contribution in [0.4, 0.5) is 5.69 Å². The number of anilines is 1. The summed E-state index contributed by atoms with van der Waals surface area (Å²) in [5.41, 5.74) is 2.98. The molecule has 3 aromatic rings. The van der Waals surface area contributed by atoms with E-state index >= 15 is 0 Å². The second-order valence-corrected chi connectivity index (χ2v) is 7.93. The van der Waals surface area contributed by atoms with Crippen LogP contribution in [0.25, 0.3) is 11.1 Å². The van der Waals surface area contributed by atoms with Crippen molar-refractivity contribution in [1.29, 1.82) is 0 Å². The summed E-state index contributed by atoms with van der Waals surface area (Å²) in [6.07, 6.45) is 5.46. The molecule has 0 saturated heterocycles. The van der Waals surface area contributed by atoms with Crippen molar-refractivity contribution in [2.24, 2.45) is 0 Å². The van der Waals surface area contributed by atoms with Gasteiger partial charge in [0.25, 0.3) is 5.91 Å². The standard InChI is InChI=1S/C28H33NO3/c1-3-4-5-6-10-21-31-26-19-15-25(16-20-26)29-28(30)22(2)32-27-17-13-24(14-18-27)23-11-8-7-9-12-23/h7-9,11-20,22H,3-6,10,21H2,1-2H3,(H,29,30)/t22-/m1/s1. The van der Waals surface area contributed by atoms with Gasteiger partial charge in [0.1, 0.15) is 11.5 Å². The van der Waals surface area contributed by atoms with Crippen molar-refractivity contribution < 1.29 is 14.3 Å². The van der Waals surface area contributed by atoms with Gasteiger partial charge in [0, 0.05) is 5.69 Å². The molecule has 4 nitrogen and oxygen atoms in total. The molecule has 1 atom stereocenters. The van der Waals surface area contributed by atoms with Gasteiger partial charge in [-0.05, 0) is 60.9 Å². The number of hydrogen-bond donors (Lipinski definition) is 1. The predicted octanol–water partition coefficient (Wildman–Crippen LogP) is 7.11. The highest BCUT2D eigenvalue weighted by molar-refractivity contribution is 5.94. The lowest BCUT2D eigenvalue weighted by molar-refractivity contribution is -0.122. The summed E-state index contributed by atoms with van der Waals surface area (Å²) in [6, 6.07) is 25.4. The quantitative estimate of drug-likeness (QED) is 0.311. The molecule has 0 aliphatic heterocycles. The highest BCUT2D eigenvalue weighted by Gasteiger charge is 2.15. The first-order chi connectivity index (χ1) is 15.7. The van der Waals surface area contributed by atoms with E-state index in [0.29, 0.717) is 5.75 Å². The van der Waals surface area contributed by atoms with Gasteiger partial charge in [-0.1, -0.05) is 75.1 Å². The topological polar surface area (TPSA) is 47.6 Å². The van der Waals surface area contributed by atoms with Crippen LogP contribution in [-0.4, -0.2) is 18.6 Å². The Morgan fingerprint density at radius 2 is 1.41 bits per heavy atom. The van der Waals surface area contributed by atoms with Crippen molar-refractivity contribution in [3.05, 3.63) is 78.9 Å². The van der Waals surface area contributed by atoms with Gasteiger partial charge in [0.2, 0.25) is 0 Å². The zero-order valence-corrected chi connectivity index (χ0v) is 19.1. The Labute approximate surface area is 191 Å². The van der Waals surface area contributed by atoms with Gasteiger partial charge < -0.3 is 14.8 Å². The van der Waals surface area contributed by atoms with E-state index in [2.05, 4.69) is 24.4 Å². The van der Waals surface area contributed by atoms with Gasteiger partial charge in [-0.3, -0.25) is 4.79 Å². The molecule has 0 bridgehead atoms. The second kappa shape index (κ2) is 12.6. The fourth-order valence-electron chi connectivity index (χ4n) is 3.39. The maximum Gasteiger partial charge on any atom is 0.265 e. The van der Waals surface area contributed by atoms with Crippen LogP contribution in [0.3, 0.4) is 0 Å². The van der Waals surface area contributed by atoms with E-state index in [-0.39, 0.29) is 5.91 Å². The number of rotatable bonds is 12. The van der Waals surface area contributed by atoms with Crippen molar-refractivity contribution in [2.45, 2.75) is 52.1 Å². The van der Waals surface area contributed by atoms with Gasteiger partial charge >= 0.3 is 0 Å². The van der Waals surface area contributed by atoms with Crippen molar-refractivity contribution in [2.75, 3.05) is 11.9 Å². The molecule has 0 unspecified atom stereocenters. The molecule has 0 saturated carbocycles. The van der Waals surface area contributed by atoms with E-state index in [4.69, 9.17) is 9.47 Å². The van der Waals surface area contributed by atoms with Crippen LogP contribution in [0, 0.1) is 0 Å². The number of unbranched alkanes of at least 4 members (excludes halogenated alkanes) is 4. The third-order valence-electron chi connectivity index (χ3n) is 5.28. The number of nitrogens with one attached hydrogen (secondary N) is 1. The Morgan fingerprint density at radius 3 is 2.09 bits per heavy atom. The minimum absolute atomic E-state index is 0.193. The van der Waals surface area contributed by atoms with Crippen molar-refractivity contribution in [3.8, 4) is 22.6 Å². The summed E-state index contributed by atoms with van der Waals surface area (Å²) < 4.78 is 11.6. The average Bonchev–Trinajstić information content (AvgIpc) is 2.83. The fourth-order valence-corrected chi connectivity index (χ4v) is 3.39. The van der Waals surface area contributed by atoms with E-state index < -0.39 is 6.10 Å². The number of hydrogen-bond acceptors (Lipinski definition) is 3. The van der Waals surface area contributed by atoms with Crippen LogP contribution >= 0.6 is 0 Å². The lowest BCUT2D eigenvalue weighted by Crippen LogP contribution is -2.30. The monoisotopic (exact) mass is 431 g/mol. The van der Waals surface area contributed by atoms with Crippen LogP contribution in [0.2, 0.25) is 0 Å². The van der Waals surface area contributed by atoms with Crippen LogP contribution < -0.4 is 14.8 Å². The van der Waals surface area contributed by atoms with Gasteiger partial charge in [-0.25, -0.2) is 0 Å². The van der Waals surface area contributed by atoms with Crippen molar-refractivity contribution in [1.82, 2.24) is 0 Å². The van der Waals surface area contributed by atoms with Crippen LogP contribution in [0.15, 0.2) is 78.9 Å². The van der Waals surface area contributed by atoms with Crippen LogP contribution in [0.5, 0.6) is 11.5 Å². The number of benzene rings is 3. The van der Waals surface area contributed by atoms with E-state index in [9.17, 15) is 4.79 Å². The molecule has 3 rings (SSSR count). The molecular formula is C28H33NO3. The Morgan fingerprint density at radius 1 is 0.781 bits per heavy atom. The Kier molecular flexibility index (Phi) is 9.18. The summed E-state index contributed by atoms with van der Waals surface area (Å²) in [7, 11) is 0. The molecule has 3 aromatic carbocycles. The summed E-state index contributed by atoms with van der Waals surface area (Å²) in [5.74, 6) is 1.29. The molecule has 1 amide bonds. The lowest BCUT2D eigenvalue weighted by atomic mass is 10.1. The molecule has 1 N–H and O–H groups in total. The summed E-state index contributed by atoms with van der Waals surface area (Å²) in [6.45, 7) is 4.69. The summed E-state index contributed by atoms with van der Waals surface area (Å²) in [4.78, 5) is 12.5. The van der Waals surface area contributed by atoms with Crippen LogP contribution in [0.1, 0.15) is 46.0 Å². The van der Waals surface area contributed by atoms with Crippen molar-refractivity contribution >= 4 is 11.6 Å². The van der Waals surface area contributed by atoms with Gasteiger partial charge in [0.05, 0.1) is 6.61 Å². The molecule has 32 heavy (non-hydrogen) atoms. The van der Waals surface area contributed by atoms with Crippen molar-refractivity contribution in [3.63, 3.8) is 0 Å². The zero-order valence-electron chi connectivity index (χ0n) is 19.1. The highest BCUT2D eigenvalue weighted by Crippen LogP contribution is 2.23. The number of carbonyl (C=O) groups excluding carboxylic acids is 1. The normalized spacial score (nSPS) is 11.6. The number of carbonyl (C=O) groups is 1. The molecule has 4 heteroatoms. The maximum atomic E-state index is 12.5. The Bertz CT molecular complexity index is 937. The minimum Gasteiger partial charge on any atom is -0.494 e. The molecule has 0 aliphatic rings. The van der Waals surface area contributed by atoms with Gasteiger partial charge in [-0.15, -0.1) is 0 Å². The first-order valence-electron chi connectivity index (χ1n) is 11.5. The van der Waals surface area contributed by atoms with Gasteiger partial charge in [0.15, 0.2) is 6.10 Å². The second-order valence-electron chi connectivity index (χ2n) is 7.93. The summed E-state index contributed by atoms with van der Waals surface area (Å²) in [5, 5.41) is 2.90. The molecule has 0 fully saturated rings.